The Balaban J connectivity index is 1.78. The van der Waals surface area contributed by atoms with Gasteiger partial charge in [-0.05, 0) is 36.9 Å². The molecule has 1 saturated heterocycles. The van der Waals surface area contributed by atoms with Crippen LogP contribution in [0.15, 0.2) is 30.3 Å². The van der Waals surface area contributed by atoms with Crippen molar-refractivity contribution in [2.75, 3.05) is 26.2 Å². The summed E-state index contributed by atoms with van der Waals surface area (Å²) >= 11 is 1.52. The molecule has 2 heterocycles. The summed E-state index contributed by atoms with van der Waals surface area (Å²) in [4.78, 5) is 15.2. The van der Waals surface area contributed by atoms with Crippen molar-refractivity contribution in [2.24, 2.45) is 0 Å². The molecule has 0 spiro atoms. The van der Waals surface area contributed by atoms with Gasteiger partial charge in [0.15, 0.2) is 0 Å². The molecule has 5 heteroatoms. The second kappa shape index (κ2) is 6.56. The molecule has 4 nitrogen and oxygen atoms in total. The monoisotopic (exact) mass is 304 g/mol. The van der Waals surface area contributed by atoms with Crippen LogP contribution >= 0.6 is 11.3 Å². The molecule has 21 heavy (non-hydrogen) atoms. The van der Waals surface area contributed by atoms with Gasteiger partial charge in [0, 0.05) is 23.8 Å². The highest BCUT2D eigenvalue weighted by Gasteiger charge is 2.23. The highest BCUT2D eigenvalue weighted by molar-refractivity contribution is 7.20. The first-order chi connectivity index (χ1) is 10.3. The first-order valence-electron chi connectivity index (χ1n) is 7.40. The predicted molar refractivity (Wildman–Crippen MR) is 85.8 cm³/mol. The maximum atomic E-state index is 12.7. The van der Waals surface area contributed by atoms with Gasteiger partial charge in [0.25, 0.3) is 5.91 Å². The van der Waals surface area contributed by atoms with E-state index in [1.165, 1.54) is 11.3 Å². The lowest BCUT2D eigenvalue weighted by atomic mass is 10.2. The number of benzene rings is 1. The van der Waals surface area contributed by atoms with Crippen LogP contribution in [-0.2, 0) is 0 Å². The average Bonchev–Trinajstić information content (AvgIpc) is 3.14. The number of aliphatic hydroxyl groups excluding tert-OH is 1. The Bertz CT molecular complexity index is 587. The molecule has 112 valence electrons. The number of thiophene rings is 1. The van der Waals surface area contributed by atoms with Gasteiger partial charge in [-0.2, -0.15) is 0 Å². The molecule has 1 aromatic heterocycles. The van der Waals surface area contributed by atoms with Crippen LogP contribution in [0.25, 0.3) is 10.1 Å². The Morgan fingerprint density at radius 2 is 2.29 bits per heavy atom. The molecular formula is C16H20N2O2S. The number of amides is 1. The van der Waals surface area contributed by atoms with Gasteiger partial charge in [-0.3, -0.25) is 4.79 Å². The zero-order valence-electron chi connectivity index (χ0n) is 11.9. The third-order valence-electron chi connectivity index (χ3n) is 3.90. The number of hydrogen-bond acceptors (Lipinski definition) is 4. The summed E-state index contributed by atoms with van der Waals surface area (Å²) in [5.74, 6) is 0.0268. The van der Waals surface area contributed by atoms with Crippen molar-refractivity contribution < 1.29 is 9.90 Å². The molecule has 1 fully saturated rings. The van der Waals surface area contributed by atoms with E-state index in [9.17, 15) is 9.90 Å². The lowest BCUT2D eigenvalue weighted by molar-refractivity contribution is 0.0711. The molecule has 1 unspecified atom stereocenters. The number of aliphatic hydroxyl groups is 1. The summed E-state index contributed by atoms with van der Waals surface area (Å²) in [7, 11) is 0. The van der Waals surface area contributed by atoms with Crippen LogP contribution in [0.2, 0.25) is 0 Å². The molecule has 1 aliphatic rings. The standard InChI is InChI=1S/C16H20N2O2S/c19-9-8-18(11-13-5-3-7-17-13)16(20)15-10-12-4-1-2-6-14(12)21-15/h1-2,4,6,10,13,17,19H,3,5,7-9,11H2. The third-order valence-corrected chi connectivity index (χ3v) is 5.00. The summed E-state index contributed by atoms with van der Waals surface area (Å²) in [6.45, 7) is 2.09. The summed E-state index contributed by atoms with van der Waals surface area (Å²) < 4.78 is 1.13. The molecule has 1 aromatic carbocycles. The Kier molecular flexibility index (Phi) is 4.53. The first-order valence-corrected chi connectivity index (χ1v) is 8.21. The number of fused-ring (bicyclic) bond motifs is 1. The molecule has 0 aliphatic carbocycles. The third kappa shape index (κ3) is 3.26. The summed E-state index contributed by atoms with van der Waals surface area (Å²) in [5.41, 5.74) is 0. The van der Waals surface area contributed by atoms with Crippen molar-refractivity contribution in [3.05, 3.63) is 35.2 Å². The van der Waals surface area contributed by atoms with E-state index in [2.05, 4.69) is 5.32 Å². The molecule has 0 bridgehead atoms. The normalized spacial score (nSPS) is 18.2. The number of hydrogen-bond donors (Lipinski definition) is 2. The summed E-state index contributed by atoms with van der Waals surface area (Å²) in [5, 5.41) is 13.7. The van der Waals surface area contributed by atoms with Gasteiger partial charge in [0.05, 0.1) is 11.5 Å². The maximum Gasteiger partial charge on any atom is 0.264 e. The molecule has 0 saturated carbocycles. The van der Waals surface area contributed by atoms with Crippen molar-refractivity contribution in [1.82, 2.24) is 10.2 Å². The number of carbonyl (C=O) groups is 1. The van der Waals surface area contributed by atoms with E-state index >= 15 is 0 Å². The molecular weight excluding hydrogens is 284 g/mol. The second-order valence-electron chi connectivity index (χ2n) is 5.42. The number of carbonyl (C=O) groups excluding carboxylic acids is 1. The van der Waals surface area contributed by atoms with Crippen LogP contribution in [0.5, 0.6) is 0 Å². The van der Waals surface area contributed by atoms with E-state index in [4.69, 9.17) is 0 Å². The zero-order chi connectivity index (χ0) is 14.7. The largest absolute Gasteiger partial charge is 0.395 e. The molecule has 1 atom stereocenters. The van der Waals surface area contributed by atoms with Crippen molar-refractivity contribution in [3.8, 4) is 0 Å². The number of rotatable bonds is 5. The van der Waals surface area contributed by atoms with Gasteiger partial charge in [-0.1, -0.05) is 18.2 Å². The lowest BCUT2D eigenvalue weighted by Crippen LogP contribution is -2.42. The Labute approximate surface area is 128 Å². The van der Waals surface area contributed by atoms with E-state index in [1.807, 2.05) is 30.3 Å². The minimum atomic E-state index is 0.00333. The van der Waals surface area contributed by atoms with Gasteiger partial charge in [-0.25, -0.2) is 0 Å². The molecule has 2 aromatic rings. The lowest BCUT2D eigenvalue weighted by Gasteiger charge is -2.24. The van der Waals surface area contributed by atoms with Crippen molar-refractivity contribution in [2.45, 2.75) is 18.9 Å². The van der Waals surface area contributed by atoms with E-state index < -0.39 is 0 Å². The number of nitrogens with zero attached hydrogens (tertiary/aromatic N) is 1. The number of nitrogens with one attached hydrogen (secondary N) is 1. The van der Waals surface area contributed by atoms with E-state index in [0.717, 1.165) is 34.3 Å². The zero-order valence-corrected chi connectivity index (χ0v) is 12.7. The average molecular weight is 304 g/mol. The van der Waals surface area contributed by atoms with Gasteiger partial charge in [0.2, 0.25) is 0 Å². The maximum absolute atomic E-state index is 12.7. The fourth-order valence-corrected chi connectivity index (χ4v) is 3.85. The van der Waals surface area contributed by atoms with Crippen molar-refractivity contribution in [1.29, 1.82) is 0 Å². The topological polar surface area (TPSA) is 52.6 Å². The quantitative estimate of drug-likeness (QED) is 0.889. The van der Waals surface area contributed by atoms with Gasteiger partial charge >= 0.3 is 0 Å². The second-order valence-corrected chi connectivity index (χ2v) is 6.50. The van der Waals surface area contributed by atoms with E-state index in [1.54, 1.807) is 4.90 Å². The minimum absolute atomic E-state index is 0.00333. The van der Waals surface area contributed by atoms with Crippen molar-refractivity contribution >= 4 is 27.3 Å². The molecule has 1 amide bonds. The Hall–Kier alpha value is -1.43. The minimum Gasteiger partial charge on any atom is -0.395 e. The first kappa shape index (κ1) is 14.5. The highest BCUT2D eigenvalue weighted by atomic mass is 32.1. The van der Waals surface area contributed by atoms with Crippen LogP contribution in [0.1, 0.15) is 22.5 Å². The molecule has 0 radical (unpaired) electrons. The van der Waals surface area contributed by atoms with Gasteiger partial charge in [0.1, 0.15) is 0 Å². The fourth-order valence-electron chi connectivity index (χ4n) is 2.82. The van der Waals surface area contributed by atoms with Crippen molar-refractivity contribution in [3.63, 3.8) is 0 Å². The fraction of sp³-hybridized carbons (Fsp3) is 0.438. The van der Waals surface area contributed by atoms with Gasteiger partial charge in [-0.15, -0.1) is 11.3 Å². The predicted octanol–water partition coefficient (Wildman–Crippen LogP) is 2.09. The highest BCUT2D eigenvalue weighted by Crippen LogP contribution is 2.26. The van der Waals surface area contributed by atoms with E-state index in [0.29, 0.717) is 19.1 Å². The van der Waals surface area contributed by atoms with Crippen LogP contribution in [-0.4, -0.2) is 48.2 Å². The SMILES string of the molecule is O=C(c1cc2ccccc2s1)N(CCO)CC1CCCN1. The Morgan fingerprint density at radius 3 is 3.00 bits per heavy atom. The molecule has 2 N–H and O–H groups in total. The van der Waals surface area contributed by atoms with Crippen LogP contribution < -0.4 is 5.32 Å². The smallest absolute Gasteiger partial charge is 0.264 e. The Morgan fingerprint density at radius 1 is 1.43 bits per heavy atom. The van der Waals surface area contributed by atoms with Gasteiger partial charge < -0.3 is 15.3 Å². The molecule has 3 rings (SSSR count). The van der Waals surface area contributed by atoms with Crippen LogP contribution in [0.3, 0.4) is 0 Å². The molecule has 1 aliphatic heterocycles. The summed E-state index contributed by atoms with van der Waals surface area (Å²) in [6.07, 6.45) is 2.26. The van der Waals surface area contributed by atoms with Crippen LogP contribution in [0.4, 0.5) is 0 Å². The summed E-state index contributed by atoms with van der Waals surface area (Å²) in [6, 6.07) is 10.3. The van der Waals surface area contributed by atoms with E-state index in [-0.39, 0.29) is 12.5 Å². The van der Waals surface area contributed by atoms with Crippen LogP contribution in [0, 0.1) is 0 Å².